The summed E-state index contributed by atoms with van der Waals surface area (Å²) in [6.45, 7) is 13.3. The minimum atomic E-state index is -2.61. The predicted octanol–water partition coefficient (Wildman–Crippen LogP) is 4.45. The number of halogens is 2. The van der Waals surface area contributed by atoms with Gasteiger partial charge in [0.05, 0.1) is 23.8 Å². The fraction of sp³-hybridized carbons (Fsp3) is 0.789. The van der Waals surface area contributed by atoms with Crippen molar-refractivity contribution < 1.29 is 18.7 Å². The van der Waals surface area contributed by atoms with Gasteiger partial charge in [0, 0.05) is 24.3 Å². The molecule has 1 amide bonds. The first kappa shape index (κ1) is 22.5. The Labute approximate surface area is 155 Å². The van der Waals surface area contributed by atoms with Gasteiger partial charge < -0.3 is 10.4 Å². The summed E-state index contributed by atoms with van der Waals surface area (Å²) in [5.41, 5.74) is 1.07. The molecule has 2 rings (SSSR count). The van der Waals surface area contributed by atoms with E-state index in [4.69, 9.17) is 0 Å². The molecule has 1 aliphatic carbocycles. The van der Waals surface area contributed by atoms with Gasteiger partial charge in [-0.2, -0.15) is 5.10 Å². The van der Waals surface area contributed by atoms with Gasteiger partial charge in [0.2, 0.25) is 11.8 Å². The molecule has 7 heteroatoms. The maximum Gasteiger partial charge on any atom is 0.249 e. The smallest absolute Gasteiger partial charge is 0.249 e. The van der Waals surface area contributed by atoms with E-state index in [9.17, 15) is 18.7 Å². The Morgan fingerprint density at radius 3 is 2.31 bits per heavy atom. The molecule has 1 saturated carbocycles. The van der Waals surface area contributed by atoms with Crippen LogP contribution in [-0.2, 0) is 16.8 Å². The summed E-state index contributed by atoms with van der Waals surface area (Å²) >= 11 is 0. The number of alkyl halides is 2. The molecule has 0 aliphatic heterocycles. The van der Waals surface area contributed by atoms with Crippen LogP contribution in [0.25, 0.3) is 0 Å². The van der Waals surface area contributed by atoms with Gasteiger partial charge in [0.25, 0.3) is 0 Å². The zero-order chi connectivity index (χ0) is 20.3. The summed E-state index contributed by atoms with van der Waals surface area (Å²) in [7, 11) is 0. The highest BCUT2D eigenvalue weighted by molar-refractivity contribution is 5.91. The van der Waals surface area contributed by atoms with Crippen molar-refractivity contribution in [3.63, 3.8) is 0 Å². The van der Waals surface area contributed by atoms with Crippen LogP contribution in [0.15, 0.2) is 0 Å². The number of aromatic nitrogens is 2. The summed E-state index contributed by atoms with van der Waals surface area (Å²) in [4.78, 5) is 12.1. The number of aliphatic hydroxyl groups is 1. The van der Waals surface area contributed by atoms with Gasteiger partial charge in [-0.15, -0.1) is 0 Å². The number of amides is 1. The van der Waals surface area contributed by atoms with Crippen molar-refractivity contribution in [2.24, 2.45) is 0 Å². The van der Waals surface area contributed by atoms with Crippen LogP contribution in [0.3, 0.4) is 0 Å². The molecule has 0 aromatic carbocycles. The van der Waals surface area contributed by atoms with Crippen molar-refractivity contribution in [3.05, 3.63) is 11.3 Å². The molecule has 1 unspecified atom stereocenters. The third-order valence-electron chi connectivity index (χ3n) is 4.22. The Kier molecular flexibility index (Phi) is 7.33. The zero-order valence-electron chi connectivity index (χ0n) is 17.0. The molecule has 1 aromatic rings. The highest BCUT2D eigenvalue weighted by atomic mass is 19.3. The van der Waals surface area contributed by atoms with E-state index < -0.39 is 17.6 Å². The summed E-state index contributed by atoms with van der Waals surface area (Å²) in [5.74, 6) is -2.64. The van der Waals surface area contributed by atoms with E-state index in [-0.39, 0.29) is 31.1 Å². The minimum absolute atomic E-state index is 0.0185. The molecule has 0 radical (unpaired) electrons. The number of carbonyl (C=O) groups is 1. The molecule has 1 heterocycles. The molecule has 2 N–H and O–H groups in total. The van der Waals surface area contributed by atoms with E-state index in [2.05, 4.69) is 10.4 Å². The summed E-state index contributed by atoms with van der Waals surface area (Å²) < 4.78 is 28.3. The van der Waals surface area contributed by atoms with Crippen LogP contribution in [0.1, 0.15) is 84.9 Å². The van der Waals surface area contributed by atoms with Gasteiger partial charge in [-0.3, -0.25) is 4.79 Å². The third-order valence-corrected chi connectivity index (χ3v) is 4.22. The first-order valence-corrected chi connectivity index (χ1v) is 9.42. The van der Waals surface area contributed by atoms with Crippen LogP contribution in [0.2, 0.25) is 0 Å². The number of nitrogens with one attached hydrogen (secondary N) is 1. The first-order valence-electron chi connectivity index (χ1n) is 9.42. The number of rotatable bonds is 5. The Bertz CT molecular complexity index is 611. The lowest BCUT2D eigenvalue weighted by Crippen LogP contribution is -2.34. The number of carbonyl (C=O) groups excluding carboxylic acids is 1. The largest absolute Gasteiger partial charge is 0.393 e. The van der Waals surface area contributed by atoms with E-state index in [1.54, 1.807) is 11.6 Å². The number of aliphatic hydroxyl groups excluding tert-OH is 1. The number of hydrogen-bond donors (Lipinski definition) is 2. The van der Waals surface area contributed by atoms with E-state index in [0.717, 1.165) is 5.56 Å². The molecule has 150 valence electrons. The maximum atomic E-state index is 13.3. The van der Waals surface area contributed by atoms with Crippen molar-refractivity contribution in [2.75, 3.05) is 5.32 Å². The lowest BCUT2D eigenvalue weighted by Gasteiger charge is -2.34. The van der Waals surface area contributed by atoms with Crippen molar-refractivity contribution in [3.8, 4) is 0 Å². The van der Waals surface area contributed by atoms with Crippen molar-refractivity contribution in [1.82, 2.24) is 9.78 Å². The standard InChI is InChI=1S/C17H27F2N3O2.C2H6/c1-6-12-14(11-8-17(18,19)9-11)21-22(16(3,4)5)15(12)20-13(24)7-10(2)23;1-2/h10-11,23H,6-9H2,1-5H3,(H,20,24);1-2H3. The van der Waals surface area contributed by atoms with Crippen molar-refractivity contribution in [1.29, 1.82) is 0 Å². The highest BCUT2D eigenvalue weighted by Crippen LogP contribution is 2.49. The van der Waals surface area contributed by atoms with E-state index in [0.29, 0.717) is 17.9 Å². The monoisotopic (exact) mass is 373 g/mol. The lowest BCUT2D eigenvalue weighted by atomic mass is 9.78. The second-order valence-electron chi connectivity index (χ2n) is 7.71. The fourth-order valence-electron chi connectivity index (χ4n) is 3.06. The lowest BCUT2D eigenvalue weighted by molar-refractivity contribution is -0.117. The zero-order valence-corrected chi connectivity index (χ0v) is 17.0. The molecule has 26 heavy (non-hydrogen) atoms. The van der Waals surface area contributed by atoms with Gasteiger partial charge in [0.1, 0.15) is 5.82 Å². The third kappa shape index (κ3) is 5.25. The van der Waals surface area contributed by atoms with Gasteiger partial charge in [-0.25, -0.2) is 13.5 Å². The minimum Gasteiger partial charge on any atom is -0.393 e. The van der Waals surface area contributed by atoms with Crippen LogP contribution >= 0.6 is 0 Å². The van der Waals surface area contributed by atoms with Gasteiger partial charge >= 0.3 is 0 Å². The Hall–Kier alpha value is -1.50. The van der Waals surface area contributed by atoms with E-state index in [1.807, 2.05) is 41.5 Å². The molecular weight excluding hydrogens is 340 g/mol. The van der Waals surface area contributed by atoms with Gasteiger partial charge in [-0.05, 0) is 34.1 Å². The Morgan fingerprint density at radius 2 is 1.92 bits per heavy atom. The second-order valence-corrected chi connectivity index (χ2v) is 7.71. The molecular formula is C19H33F2N3O2. The molecule has 5 nitrogen and oxygen atoms in total. The van der Waals surface area contributed by atoms with Crippen LogP contribution in [0.4, 0.5) is 14.6 Å². The Morgan fingerprint density at radius 1 is 1.38 bits per heavy atom. The van der Waals surface area contributed by atoms with Crippen LogP contribution in [-0.4, -0.2) is 32.8 Å². The van der Waals surface area contributed by atoms with Crippen molar-refractivity contribution in [2.45, 2.75) is 97.6 Å². The first-order chi connectivity index (χ1) is 11.9. The average molecular weight is 373 g/mol. The molecule has 0 saturated heterocycles. The van der Waals surface area contributed by atoms with Gasteiger partial charge in [0.15, 0.2) is 0 Å². The maximum absolute atomic E-state index is 13.3. The molecule has 1 fully saturated rings. The highest BCUT2D eigenvalue weighted by Gasteiger charge is 2.48. The van der Waals surface area contributed by atoms with Crippen LogP contribution < -0.4 is 5.32 Å². The predicted molar refractivity (Wildman–Crippen MR) is 99.8 cm³/mol. The average Bonchev–Trinajstić information content (AvgIpc) is 2.83. The summed E-state index contributed by atoms with van der Waals surface area (Å²) in [5, 5.41) is 16.8. The van der Waals surface area contributed by atoms with Gasteiger partial charge in [-0.1, -0.05) is 20.8 Å². The molecule has 0 bridgehead atoms. The Balaban J connectivity index is 0.00000163. The van der Waals surface area contributed by atoms with Crippen LogP contribution in [0, 0.1) is 0 Å². The molecule has 1 aliphatic rings. The molecule has 0 spiro atoms. The molecule has 1 atom stereocenters. The number of nitrogens with zero attached hydrogens (tertiary/aromatic N) is 2. The topological polar surface area (TPSA) is 67.2 Å². The van der Waals surface area contributed by atoms with Crippen LogP contribution in [0.5, 0.6) is 0 Å². The fourth-order valence-corrected chi connectivity index (χ4v) is 3.06. The van der Waals surface area contributed by atoms with E-state index >= 15 is 0 Å². The van der Waals surface area contributed by atoms with Crippen molar-refractivity contribution >= 4 is 11.7 Å². The normalized spacial score (nSPS) is 17.8. The van der Waals surface area contributed by atoms with E-state index in [1.165, 1.54) is 0 Å². The summed E-state index contributed by atoms with van der Waals surface area (Å²) in [6.07, 6.45) is -0.553. The number of anilines is 1. The second kappa shape index (κ2) is 8.46. The summed E-state index contributed by atoms with van der Waals surface area (Å²) in [6, 6.07) is 0. The molecule has 1 aromatic heterocycles. The number of hydrogen-bond acceptors (Lipinski definition) is 3. The SMILES string of the molecule is CC.CCc1c(C2CC(F)(F)C2)nn(C(C)(C)C)c1NC(=O)CC(C)O. The quantitative estimate of drug-likeness (QED) is 0.801.